The lowest BCUT2D eigenvalue weighted by atomic mass is 10.1. The predicted octanol–water partition coefficient (Wildman–Crippen LogP) is 4.57. The van der Waals surface area contributed by atoms with Crippen molar-refractivity contribution in [2.45, 2.75) is 26.8 Å². The van der Waals surface area contributed by atoms with E-state index in [1.54, 1.807) is 0 Å². The number of fused-ring (bicyclic) bond motifs is 3. The van der Waals surface area contributed by atoms with Crippen LogP contribution in [0.2, 0.25) is 0 Å². The van der Waals surface area contributed by atoms with Gasteiger partial charge in [-0.1, -0.05) is 42.8 Å². The lowest BCUT2D eigenvalue weighted by Gasteiger charge is -2.04. The minimum Gasteiger partial charge on any atom is -0.341 e. The van der Waals surface area contributed by atoms with E-state index in [1.165, 1.54) is 32.9 Å². The van der Waals surface area contributed by atoms with E-state index >= 15 is 0 Å². The zero-order valence-electron chi connectivity index (χ0n) is 12.8. The summed E-state index contributed by atoms with van der Waals surface area (Å²) in [7, 11) is 0. The highest BCUT2D eigenvalue weighted by Crippen LogP contribution is 2.30. The Kier molecular flexibility index (Phi) is 3.80. The number of hydrogen-bond acceptors (Lipinski definition) is 1. The average Bonchev–Trinajstić information content (AvgIpc) is 2.85. The summed E-state index contributed by atoms with van der Waals surface area (Å²) in [5, 5.41) is 2.66. The first kappa shape index (κ1) is 13.9. The molecular weight excluding hydrogens is 256 g/mol. The topological polar surface area (TPSA) is 30.9 Å². The van der Waals surface area contributed by atoms with Crippen LogP contribution in [0, 0.1) is 0 Å². The van der Waals surface area contributed by atoms with Gasteiger partial charge in [0, 0.05) is 34.9 Å². The van der Waals surface area contributed by atoms with Gasteiger partial charge in [-0.25, -0.2) is 0 Å². The molecule has 3 rings (SSSR count). The zero-order valence-corrected chi connectivity index (χ0v) is 12.8. The lowest BCUT2D eigenvalue weighted by Crippen LogP contribution is -2.01. The number of rotatable bonds is 4. The molecule has 0 unspecified atom stereocenters. The van der Waals surface area contributed by atoms with Crippen LogP contribution in [0.15, 0.2) is 48.0 Å². The SMILES string of the molecule is CCC(=Cc1ccc2c(c1)c1ccccc1n2CC)CN. The number of aromatic nitrogens is 1. The largest absolute Gasteiger partial charge is 0.341 e. The standard InChI is InChI=1S/C19H22N2/c1-3-14(13-20)11-15-9-10-19-17(12-15)16-7-5-6-8-18(16)21(19)4-2/h5-12H,3-4,13,20H2,1-2H3. The van der Waals surface area contributed by atoms with Crippen molar-refractivity contribution in [3.05, 3.63) is 53.6 Å². The van der Waals surface area contributed by atoms with E-state index < -0.39 is 0 Å². The molecule has 0 spiro atoms. The number of para-hydroxylation sites is 1. The minimum atomic E-state index is 0.630. The fourth-order valence-electron chi connectivity index (χ4n) is 3.04. The maximum atomic E-state index is 5.79. The molecule has 2 nitrogen and oxygen atoms in total. The van der Waals surface area contributed by atoms with Crippen molar-refractivity contribution in [2.24, 2.45) is 5.73 Å². The van der Waals surface area contributed by atoms with Gasteiger partial charge in [-0.15, -0.1) is 0 Å². The first-order valence-electron chi connectivity index (χ1n) is 7.69. The molecule has 0 fully saturated rings. The Balaban J connectivity index is 2.26. The maximum Gasteiger partial charge on any atom is 0.0491 e. The van der Waals surface area contributed by atoms with Crippen LogP contribution in [0.3, 0.4) is 0 Å². The maximum absolute atomic E-state index is 5.79. The van der Waals surface area contributed by atoms with Crippen molar-refractivity contribution in [1.82, 2.24) is 4.57 Å². The van der Waals surface area contributed by atoms with Gasteiger partial charge in [0.05, 0.1) is 0 Å². The van der Waals surface area contributed by atoms with E-state index in [2.05, 4.69) is 67.0 Å². The smallest absolute Gasteiger partial charge is 0.0491 e. The summed E-state index contributed by atoms with van der Waals surface area (Å²) in [6.07, 6.45) is 3.22. The number of nitrogens with two attached hydrogens (primary N) is 1. The van der Waals surface area contributed by atoms with Gasteiger partial charge >= 0.3 is 0 Å². The lowest BCUT2D eigenvalue weighted by molar-refractivity contribution is 0.827. The highest BCUT2D eigenvalue weighted by atomic mass is 15.0. The summed E-state index contributed by atoms with van der Waals surface area (Å²) in [4.78, 5) is 0. The van der Waals surface area contributed by atoms with Gasteiger partial charge in [0.2, 0.25) is 0 Å². The fourth-order valence-corrected chi connectivity index (χ4v) is 3.04. The van der Waals surface area contributed by atoms with Gasteiger partial charge < -0.3 is 10.3 Å². The molecule has 2 heteroatoms. The summed E-state index contributed by atoms with van der Waals surface area (Å²) >= 11 is 0. The summed E-state index contributed by atoms with van der Waals surface area (Å²) in [5.41, 5.74) is 10.9. The number of benzene rings is 2. The van der Waals surface area contributed by atoms with E-state index in [0.717, 1.165) is 13.0 Å². The van der Waals surface area contributed by atoms with Gasteiger partial charge in [-0.05, 0) is 37.1 Å². The molecule has 21 heavy (non-hydrogen) atoms. The van der Waals surface area contributed by atoms with Crippen LogP contribution in [-0.4, -0.2) is 11.1 Å². The van der Waals surface area contributed by atoms with Gasteiger partial charge in [0.15, 0.2) is 0 Å². The normalized spacial score (nSPS) is 12.4. The van der Waals surface area contributed by atoms with Crippen molar-refractivity contribution < 1.29 is 0 Å². The second-order valence-electron chi connectivity index (χ2n) is 5.40. The molecule has 1 aromatic heterocycles. The van der Waals surface area contributed by atoms with Crippen molar-refractivity contribution in [1.29, 1.82) is 0 Å². The van der Waals surface area contributed by atoms with Crippen LogP contribution in [-0.2, 0) is 6.54 Å². The van der Waals surface area contributed by atoms with Crippen molar-refractivity contribution in [3.8, 4) is 0 Å². The molecule has 2 N–H and O–H groups in total. The third kappa shape index (κ3) is 2.36. The first-order valence-corrected chi connectivity index (χ1v) is 7.69. The van der Waals surface area contributed by atoms with Gasteiger partial charge in [0.1, 0.15) is 0 Å². The summed E-state index contributed by atoms with van der Waals surface area (Å²) in [6, 6.07) is 15.3. The quantitative estimate of drug-likeness (QED) is 0.744. The van der Waals surface area contributed by atoms with Crippen LogP contribution in [0.5, 0.6) is 0 Å². The molecule has 2 aromatic carbocycles. The molecule has 0 bridgehead atoms. The zero-order chi connectivity index (χ0) is 14.8. The van der Waals surface area contributed by atoms with Crippen molar-refractivity contribution in [2.75, 3.05) is 6.54 Å². The summed E-state index contributed by atoms with van der Waals surface area (Å²) < 4.78 is 2.38. The number of aryl methyl sites for hydroxylation is 1. The molecule has 1 heterocycles. The van der Waals surface area contributed by atoms with Crippen LogP contribution in [0.1, 0.15) is 25.8 Å². The molecule has 0 radical (unpaired) electrons. The Morgan fingerprint density at radius 2 is 1.81 bits per heavy atom. The third-order valence-electron chi connectivity index (χ3n) is 4.20. The Morgan fingerprint density at radius 1 is 1.05 bits per heavy atom. The highest BCUT2D eigenvalue weighted by molar-refractivity contribution is 6.08. The summed E-state index contributed by atoms with van der Waals surface area (Å²) in [5.74, 6) is 0. The first-order chi connectivity index (χ1) is 10.3. The molecule has 0 atom stereocenters. The van der Waals surface area contributed by atoms with Crippen molar-refractivity contribution >= 4 is 27.9 Å². The molecule has 0 aliphatic heterocycles. The molecule has 0 aliphatic rings. The highest BCUT2D eigenvalue weighted by Gasteiger charge is 2.09. The second kappa shape index (κ2) is 5.74. The average molecular weight is 278 g/mol. The van der Waals surface area contributed by atoms with Crippen LogP contribution >= 0.6 is 0 Å². The Bertz CT molecular complexity index is 803. The van der Waals surface area contributed by atoms with Crippen LogP contribution in [0.4, 0.5) is 0 Å². The Morgan fingerprint density at radius 3 is 2.52 bits per heavy atom. The van der Waals surface area contributed by atoms with Gasteiger partial charge in [-0.3, -0.25) is 0 Å². The summed E-state index contributed by atoms with van der Waals surface area (Å²) in [6.45, 7) is 5.97. The molecule has 0 saturated carbocycles. The van der Waals surface area contributed by atoms with E-state index in [1.807, 2.05) is 0 Å². The predicted molar refractivity (Wildman–Crippen MR) is 92.4 cm³/mol. The van der Waals surface area contributed by atoms with E-state index in [-0.39, 0.29) is 0 Å². The van der Waals surface area contributed by atoms with Crippen LogP contribution < -0.4 is 5.73 Å². The van der Waals surface area contributed by atoms with Crippen molar-refractivity contribution in [3.63, 3.8) is 0 Å². The molecule has 0 aliphatic carbocycles. The fraction of sp³-hybridized carbons (Fsp3) is 0.263. The van der Waals surface area contributed by atoms with E-state index in [4.69, 9.17) is 5.73 Å². The molecule has 0 saturated heterocycles. The number of nitrogens with zero attached hydrogens (tertiary/aromatic N) is 1. The van der Waals surface area contributed by atoms with Crippen LogP contribution in [0.25, 0.3) is 27.9 Å². The molecule has 3 aromatic rings. The number of hydrogen-bond donors (Lipinski definition) is 1. The Labute approximate surface area is 125 Å². The third-order valence-corrected chi connectivity index (χ3v) is 4.20. The second-order valence-corrected chi connectivity index (χ2v) is 5.40. The molecule has 0 amide bonds. The molecular formula is C19H22N2. The van der Waals surface area contributed by atoms with E-state index in [0.29, 0.717) is 6.54 Å². The monoisotopic (exact) mass is 278 g/mol. The Hall–Kier alpha value is -2.06. The van der Waals surface area contributed by atoms with Gasteiger partial charge in [0.25, 0.3) is 0 Å². The van der Waals surface area contributed by atoms with Gasteiger partial charge in [-0.2, -0.15) is 0 Å². The molecule has 108 valence electrons. The van der Waals surface area contributed by atoms with E-state index in [9.17, 15) is 0 Å². The minimum absolute atomic E-state index is 0.630.